The summed E-state index contributed by atoms with van der Waals surface area (Å²) in [6.45, 7) is 8.17. The Morgan fingerprint density at radius 2 is 1.89 bits per heavy atom. The second kappa shape index (κ2) is 10.1. The van der Waals surface area contributed by atoms with Crippen LogP contribution in [0.25, 0.3) is 0 Å². The molecule has 0 aliphatic rings. The molecule has 0 aliphatic carbocycles. The van der Waals surface area contributed by atoms with Crippen molar-refractivity contribution in [2.45, 2.75) is 58.4 Å². The van der Waals surface area contributed by atoms with Crippen LogP contribution >= 0.6 is 11.8 Å². The fraction of sp³-hybridized carbons (Fsp3) is 0.409. The van der Waals surface area contributed by atoms with Crippen LogP contribution in [0.1, 0.15) is 54.1 Å². The van der Waals surface area contributed by atoms with E-state index in [1.807, 2.05) is 45.0 Å². The molecule has 5 heteroatoms. The van der Waals surface area contributed by atoms with Crippen LogP contribution in [0, 0.1) is 32.1 Å². The number of aromatic nitrogens is 1. The van der Waals surface area contributed by atoms with Crippen molar-refractivity contribution in [3.8, 4) is 6.07 Å². The number of unbranched alkanes of at least 4 members (excludes halogenated alkanes) is 2. The van der Waals surface area contributed by atoms with Crippen LogP contribution < -0.4 is 5.32 Å². The summed E-state index contributed by atoms with van der Waals surface area (Å²) in [5.74, 6) is 0.126. The van der Waals surface area contributed by atoms with Gasteiger partial charge in [0.25, 0.3) is 0 Å². The van der Waals surface area contributed by atoms with E-state index in [0.29, 0.717) is 10.6 Å². The summed E-state index contributed by atoms with van der Waals surface area (Å²) in [5.41, 5.74) is 5.66. The third-order valence-electron chi connectivity index (χ3n) is 4.56. The zero-order chi connectivity index (χ0) is 19.8. The van der Waals surface area contributed by atoms with Crippen molar-refractivity contribution in [2.75, 3.05) is 11.1 Å². The van der Waals surface area contributed by atoms with E-state index in [4.69, 9.17) is 0 Å². The number of nitriles is 1. The molecule has 1 aromatic carbocycles. The first kappa shape index (κ1) is 21.0. The molecule has 0 aliphatic heterocycles. The molecule has 0 spiro atoms. The first-order valence-electron chi connectivity index (χ1n) is 9.35. The van der Waals surface area contributed by atoms with Gasteiger partial charge in [0.05, 0.1) is 11.3 Å². The molecular weight excluding hydrogens is 354 g/mol. The topological polar surface area (TPSA) is 65.8 Å². The number of thioether (sulfide) groups is 1. The number of carbonyl (C=O) groups is 1. The van der Waals surface area contributed by atoms with Gasteiger partial charge in [0.15, 0.2) is 0 Å². The molecule has 0 unspecified atom stereocenters. The number of hydrogen-bond acceptors (Lipinski definition) is 4. The number of carbonyl (C=O) groups excluding carboxylic acids is 1. The van der Waals surface area contributed by atoms with Gasteiger partial charge in [-0.25, -0.2) is 4.98 Å². The van der Waals surface area contributed by atoms with E-state index in [2.05, 4.69) is 23.3 Å². The molecule has 1 heterocycles. The van der Waals surface area contributed by atoms with Crippen molar-refractivity contribution < 1.29 is 4.79 Å². The number of nitrogens with zero attached hydrogens (tertiary/aromatic N) is 2. The number of amides is 1. The molecule has 0 radical (unpaired) electrons. The summed E-state index contributed by atoms with van der Waals surface area (Å²) in [7, 11) is 0. The summed E-state index contributed by atoms with van der Waals surface area (Å²) in [4.78, 5) is 16.9. The van der Waals surface area contributed by atoms with Crippen molar-refractivity contribution in [3.63, 3.8) is 0 Å². The third kappa shape index (κ3) is 5.83. The van der Waals surface area contributed by atoms with Crippen LogP contribution in [0.3, 0.4) is 0 Å². The lowest BCUT2D eigenvalue weighted by Crippen LogP contribution is -2.14. The van der Waals surface area contributed by atoms with Gasteiger partial charge in [-0.05, 0) is 56.9 Å². The Kier molecular flexibility index (Phi) is 7.87. The number of anilines is 1. The summed E-state index contributed by atoms with van der Waals surface area (Å²) >= 11 is 1.32. The molecule has 1 N–H and O–H groups in total. The lowest BCUT2D eigenvalue weighted by molar-refractivity contribution is -0.113. The fourth-order valence-corrected chi connectivity index (χ4v) is 3.87. The standard InChI is InChI=1S/C22H27N3OS/c1-5-6-7-8-19-16(3)20(13-23)22(24-17(19)4)27-14-21(26)25-18-11-9-15(2)10-12-18/h9-12H,5-8,14H2,1-4H3,(H,25,26). The second-order valence-corrected chi connectivity index (χ2v) is 7.72. The van der Waals surface area contributed by atoms with E-state index in [9.17, 15) is 10.1 Å². The highest BCUT2D eigenvalue weighted by atomic mass is 32.2. The number of rotatable bonds is 8. The average Bonchev–Trinajstić information content (AvgIpc) is 2.64. The Morgan fingerprint density at radius 3 is 2.52 bits per heavy atom. The molecule has 0 saturated heterocycles. The monoisotopic (exact) mass is 381 g/mol. The normalized spacial score (nSPS) is 10.5. The van der Waals surface area contributed by atoms with E-state index >= 15 is 0 Å². The lowest BCUT2D eigenvalue weighted by atomic mass is 9.98. The maximum atomic E-state index is 12.2. The third-order valence-corrected chi connectivity index (χ3v) is 5.54. The Labute approximate surface area is 166 Å². The largest absolute Gasteiger partial charge is 0.325 e. The summed E-state index contributed by atoms with van der Waals surface area (Å²) < 4.78 is 0. The lowest BCUT2D eigenvalue weighted by Gasteiger charge is -2.14. The van der Waals surface area contributed by atoms with Crippen LogP contribution in [0.2, 0.25) is 0 Å². The summed E-state index contributed by atoms with van der Waals surface area (Å²) in [6, 6.07) is 9.98. The Hall–Kier alpha value is -2.32. The number of nitrogens with one attached hydrogen (secondary N) is 1. The predicted octanol–water partition coefficient (Wildman–Crippen LogP) is 5.34. The van der Waals surface area contributed by atoms with E-state index in [1.165, 1.54) is 30.2 Å². The first-order valence-corrected chi connectivity index (χ1v) is 10.3. The van der Waals surface area contributed by atoms with Gasteiger partial charge in [-0.15, -0.1) is 0 Å². The highest BCUT2D eigenvalue weighted by molar-refractivity contribution is 8.00. The van der Waals surface area contributed by atoms with Crippen LogP contribution in [0.15, 0.2) is 29.3 Å². The minimum atomic E-state index is -0.100. The van der Waals surface area contributed by atoms with Crippen molar-refractivity contribution in [1.82, 2.24) is 4.98 Å². The Balaban J connectivity index is 2.08. The molecule has 0 bridgehead atoms. The van der Waals surface area contributed by atoms with Gasteiger partial charge in [0.2, 0.25) is 5.91 Å². The van der Waals surface area contributed by atoms with Gasteiger partial charge in [-0.1, -0.05) is 49.2 Å². The highest BCUT2D eigenvalue weighted by Crippen LogP contribution is 2.28. The molecule has 0 fully saturated rings. The van der Waals surface area contributed by atoms with Gasteiger partial charge < -0.3 is 5.32 Å². The quantitative estimate of drug-likeness (QED) is 0.495. The SMILES string of the molecule is CCCCCc1c(C)nc(SCC(=O)Nc2ccc(C)cc2)c(C#N)c1C. The van der Waals surface area contributed by atoms with Crippen molar-refractivity contribution in [2.24, 2.45) is 0 Å². The molecule has 1 aromatic heterocycles. The van der Waals surface area contributed by atoms with Crippen molar-refractivity contribution in [3.05, 3.63) is 52.2 Å². The second-order valence-electron chi connectivity index (χ2n) is 6.75. The molecule has 27 heavy (non-hydrogen) atoms. The van der Waals surface area contributed by atoms with Gasteiger partial charge >= 0.3 is 0 Å². The zero-order valence-electron chi connectivity index (χ0n) is 16.6. The molecular formula is C22H27N3OS. The van der Waals surface area contributed by atoms with Crippen molar-refractivity contribution in [1.29, 1.82) is 5.26 Å². The molecule has 2 aromatic rings. The zero-order valence-corrected chi connectivity index (χ0v) is 17.4. The van der Waals surface area contributed by atoms with E-state index in [0.717, 1.165) is 35.3 Å². The number of hydrogen-bond donors (Lipinski definition) is 1. The minimum Gasteiger partial charge on any atom is -0.325 e. The van der Waals surface area contributed by atoms with Crippen molar-refractivity contribution >= 4 is 23.4 Å². The van der Waals surface area contributed by atoms with E-state index in [1.54, 1.807) is 0 Å². The average molecular weight is 382 g/mol. The molecule has 0 saturated carbocycles. The molecule has 1 amide bonds. The predicted molar refractivity (Wildman–Crippen MR) is 112 cm³/mol. The molecule has 0 atom stereocenters. The van der Waals surface area contributed by atoms with Crippen LogP contribution in [-0.2, 0) is 11.2 Å². The molecule has 4 nitrogen and oxygen atoms in total. The van der Waals surface area contributed by atoms with Crippen LogP contribution in [0.5, 0.6) is 0 Å². The number of aryl methyl sites for hydroxylation is 2. The molecule has 2 rings (SSSR count). The summed E-state index contributed by atoms with van der Waals surface area (Å²) in [5, 5.41) is 13.1. The maximum Gasteiger partial charge on any atom is 0.234 e. The van der Waals surface area contributed by atoms with Gasteiger partial charge in [0, 0.05) is 11.4 Å². The van der Waals surface area contributed by atoms with E-state index < -0.39 is 0 Å². The van der Waals surface area contributed by atoms with Gasteiger partial charge in [-0.3, -0.25) is 4.79 Å². The smallest absolute Gasteiger partial charge is 0.234 e. The fourth-order valence-electron chi connectivity index (χ4n) is 2.98. The minimum absolute atomic E-state index is 0.100. The number of benzene rings is 1. The van der Waals surface area contributed by atoms with Crippen LogP contribution in [0.4, 0.5) is 5.69 Å². The summed E-state index contributed by atoms with van der Waals surface area (Å²) in [6.07, 6.45) is 4.40. The van der Waals surface area contributed by atoms with Gasteiger partial charge in [-0.2, -0.15) is 5.26 Å². The highest BCUT2D eigenvalue weighted by Gasteiger charge is 2.16. The first-order chi connectivity index (χ1) is 13.0. The maximum absolute atomic E-state index is 12.2. The molecule has 142 valence electrons. The Morgan fingerprint density at radius 1 is 1.19 bits per heavy atom. The Bertz CT molecular complexity index is 838. The number of pyridine rings is 1. The van der Waals surface area contributed by atoms with Gasteiger partial charge in [0.1, 0.15) is 11.1 Å². The van der Waals surface area contributed by atoms with Crippen LogP contribution in [-0.4, -0.2) is 16.6 Å². The van der Waals surface area contributed by atoms with E-state index in [-0.39, 0.29) is 11.7 Å².